The van der Waals surface area contributed by atoms with Gasteiger partial charge in [-0.2, -0.15) is 0 Å². The quantitative estimate of drug-likeness (QED) is 0.883. The molecule has 1 saturated heterocycles. The summed E-state index contributed by atoms with van der Waals surface area (Å²) in [6.45, 7) is 8.84. The monoisotopic (exact) mass is 264 g/mol. The van der Waals surface area contributed by atoms with Crippen LogP contribution in [0.3, 0.4) is 0 Å². The van der Waals surface area contributed by atoms with Crippen LogP contribution in [0.5, 0.6) is 0 Å². The van der Waals surface area contributed by atoms with Crippen LogP contribution in [-0.4, -0.2) is 36.7 Å². The molecular formula is C15H24N2O2. The van der Waals surface area contributed by atoms with Crippen LogP contribution in [0.15, 0.2) is 10.5 Å². The van der Waals surface area contributed by atoms with Crippen molar-refractivity contribution < 1.29 is 9.15 Å². The lowest BCUT2D eigenvalue weighted by Crippen LogP contribution is -2.42. The van der Waals surface area contributed by atoms with Crippen LogP contribution in [0.1, 0.15) is 36.8 Å². The second-order valence-electron chi connectivity index (χ2n) is 5.84. The summed E-state index contributed by atoms with van der Waals surface area (Å²) in [5, 5.41) is 3.50. The maximum atomic E-state index is 5.85. The largest absolute Gasteiger partial charge is 0.465 e. The number of hydrogen-bond acceptors (Lipinski definition) is 4. The van der Waals surface area contributed by atoms with E-state index in [1.165, 1.54) is 18.4 Å². The van der Waals surface area contributed by atoms with Crippen LogP contribution in [0, 0.1) is 6.92 Å². The van der Waals surface area contributed by atoms with Crippen LogP contribution in [-0.2, 0) is 17.8 Å². The lowest BCUT2D eigenvalue weighted by atomic mass is 10.2. The summed E-state index contributed by atoms with van der Waals surface area (Å²) in [7, 11) is 0. The molecule has 1 aliphatic heterocycles. The first-order valence-corrected chi connectivity index (χ1v) is 7.36. The van der Waals surface area contributed by atoms with E-state index in [1.807, 2.05) is 0 Å². The van der Waals surface area contributed by atoms with Crippen molar-refractivity contribution in [1.82, 2.24) is 10.2 Å². The van der Waals surface area contributed by atoms with Crippen LogP contribution < -0.4 is 5.32 Å². The van der Waals surface area contributed by atoms with Gasteiger partial charge in [-0.1, -0.05) is 0 Å². The fourth-order valence-electron chi connectivity index (χ4n) is 2.58. The first kappa shape index (κ1) is 13.2. The third-order valence-electron chi connectivity index (χ3n) is 4.09. The Morgan fingerprint density at radius 1 is 1.42 bits per heavy atom. The summed E-state index contributed by atoms with van der Waals surface area (Å²) in [4.78, 5) is 2.47. The van der Waals surface area contributed by atoms with Gasteiger partial charge in [-0.15, -0.1) is 0 Å². The zero-order valence-electron chi connectivity index (χ0n) is 11.9. The van der Waals surface area contributed by atoms with Gasteiger partial charge in [0.1, 0.15) is 11.5 Å². The van der Waals surface area contributed by atoms with E-state index in [4.69, 9.17) is 9.15 Å². The third-order valence-corrected chi connectivity index (χ3v) is 4.09. The number of morpholine rings is 1. The van der Waals surface area contributed by atoms with Gasteiger partial charge in [0.05, 0.1) is 19.8 Å². The molecule has 2 fully saturated rings. The molecule has 1 atom stereocenters. The molecule has 0 amide bonds. The highest BCUT2D eigenvalue weighted by molar-refractivity contribution is 5.21. The Morgan fingerprint density at radius 2 is 2.26 bits per heavy atom. The normalized spacial score (nSPS) is 24.8. The molecule has 0 bridgehead atoms. The second-order valence-corrected chi connectivity index (χ2v) is 5.84. The van der Waals surface area contributed by atoms with Gasteiger partial charge in [-0.3, -0.25) is 4.90 Å². The van der Waals surface area contributed by atoms with Crippen molar-refractivity contribution >= 4 is 0 Å². The van der Waals surface area contributed by atoms with E-state index in [2.05, 4.69) is 30.1 Å². The molecule has 1 aliphatic carbocycles. The Morgan fingerprint density at radius 3 is 3.00 bits per heavy atom. The zero-order chi connectivity index (χ0) is 13.2. The topological polar surface area (TPSA) is 37.6 Å². The average Bonchev–Trinajstić information content (AvgIpc) is 3.16. The minimum atomic E-state index is 0.496. The van der Waals surface area contributed by atoms with E-state index >= 15 is 0 Å². The standard InChI is InChI=1S/C15H24N2O2/c1-11-10-18-6-5-17(11)9-13-7-15(19-12(13)2)8-16-14-3-4-14/h7,11,14,16H,3-6,8-10H2,1-2H3. The van der Waals surface area contributed by atoms with Gasteiger partial charge < -0.3 is 14.5 Å². The van der Waals surface area contributed by atoms with Gasteiger partial charge in [-0.25, -0.2) is 0 Å². The maximum Gasteiger partial charge on any atom is 0.118 e. The summed E-state index contributed by atoms with van der Waals surface area (Å²) < 4.78 is 11.3. The predicted octanol–water partition coefficient (Wildman–Crippen LogP) is 2.06. The van der Waals surface area contributed by atoms with Crippen molar-refractivity contribution in [3.63, 3.8) is 0 Å². The number of furan rings is 1. The molecule has 4 nitrogen and oxygen atoms in total. The van der Waals surface area contributed by atoms with Crippen molar-refractivity contribution in [2.45, 2.75) is 51.9 Å². The number of nitrogens with zero attached hydrogens (tertiary/aromatic N) is 1. The van der Waals surface area contributed by atoms with Crippen molar-refractivity contribution in [1.29, 1.82) is 0 Å². The number of aryl methyl sites for hydroxylation is 1. The number of hydrogen-bond donors (Lipinski definition) is 1. The molecule has 0 radical (unpaired) electrons. The van der Waals surface area contributed by atoms with Crippen LogP contribution in [0.25, 0.3) is 0 Å². The van der Waals surface area contributed by atoms with E-state index in [-0.39, 0.29) is 0 Å². The summed E-state index contributed by atoms with van der Waals surface area (Å²) in [5.41, 5.74) is 1.32. The molecule has 2 aliphatic rings. The van der Waals surface area contributed by atoms with Crippen molar-refractivity contribution in [3.05, 3.63) is 23.2 Å². The SMILES string of the molecule is Cc1oc(CNC2CC2)cc1CN1CCOCC1C. The number of nitrogens with one attached hydrogen (secondary N) is 1. The summed E-state index contributed by atoms with van der Waals surface area (Å²) >= 11 is 0. The Hall–Kier alpha value is -0.840. The van der Waals surface area contributed by atoms with E-state index in [0.717, 1.165) is 50.4 Å². The summed E-state index contributed by atoms with van der Waals surface area (Å²) in [6, 6.07) is 3.44. The third kappa shape index (κ3) is 3.38. The van der Waals surface area contributed by atoms with Gasteiger partial charge >= 0.3 is 0 Å². The molecule has 1 aromatic rings. The van der Waals surface area contributed by atoms with Crippen molar-refractivity contribution in [2.75, 3.05) is 19.8 Å². The highest BCUT2D eigenvalue weighted by Gasteiger charge is 2.22. The van der Waals surface area contributed by atoms with E-state index in [1.54, 1.807) is 0 Å². The van der Waals surface area contributed by atoms with E-state index in [0.29, 0.717) is 6.04 Å². The molecule has 3 rings (SSSR count). The molecule has 0 aromatic carbocycles. The van der Waals surface area contributed by atoms with Crippen LogP contribution in [0.2, 0.25) is 0 Å². The summed E-state index contributed by atoms with van der Waals surface area (Å²) in [6.07, 6.45) is 2.63. The van der Waals surface area contributed by atoms with E-state index in [9.17, 15) is 0 Å². The van der Waals surface area contributed by atoms with Gasteiger partial charge in [0.15, 0.2) is 0 Å². The lowest BCUT2D eigenvalue weighted by molar-refractivity contribution is -0.00454. The molecule has 1 aromatic heterocycles. The second kappa shape index (κ2) is 5.65. The van der Waals surface area contributed by atoms with Crippen molar-refractivity contribution in [3.8, 4) is 0 Å². The smallest absolute Gasteiger partial charge is 0.118 e. The number of rotatable bonds is 5. The lowest BCUT2D eigenvalue weighted by Gasteiger charge is -2.32. The van der Waals surface area contributed by atoms with Crippen LogP contribution in [0.4, 0.5) is 0 Å². The Labute approximate surface area is 115 Å². The van der Waals surface area contributed by atoms with Crippen molar-refractivity contribution in [2.24, 2.45) is 0 Å². The highest BCUT2D eigenvalue weighted by Crippen LogP contribution is 2.22. The Balaban J connectivity index is 1.59. The highest BCUT2D eigenvalue weighted by atomic mass is 16.5. The summed E-state index contributed by atoms with van der Waals surface area (Å²) in [5.74, 6) is 2.13. The first-order chi connectivity index (χ1) is 9.22. The Kier molecular flexibility index (Phi) is 3.91. The van der Waals surface area contributed by atoms with Gasteiger partial charge in [0.25, 0.3) is 0 Å². The molecule has 1 unspecified atom stereocenters. The van der Waals surface area contributed by atoms with Gasteiger partial charge in [0, 0.05) is 30.7 Å². The molecule has 0 spiro atoms. The molecule has 4 heteroatoms. The maximum absolute atomic E-state index is 5.85. The Bertz CT molecular complexity index is 426. The molecule has 2 heterocycles. The minimum absolute atomic E-state index is 0.496. The van der Waals surface area contributed by atoms with Gasteiger partial charge in [-0.05, 0) is 32.8 Å². The molecule has 1 saturated carbocycles. The first-order valence-electron chi connectivity index (χ1n) is 7.36. The average molecular weight is 264 g/mol. The molecule has 19 heavy (non-hydrogen) atoms. The predicted molar refractivity (Wildman–Crippen MR) is 74.0 cm³/mol. The fraction of sp³-hybridized carbons (Fsp3) is 0.733. The van der Waals surface area contributed by atoms with Crippen LogP contribution >= 0.6 is 0 Å². The fourth-order valence-corrected chi connectivity index (χ4v) is 2.58. The minimum Gasteiger partial charge on any atom is -0.465 e. The molecule has 106 valence electrons. The molecule has 1 N–H and O–H groups in total. The molecular weight excluding hydrogens is 240 g/mol. The van der Waals surface area contributed by atoms with Gasteiger partial charge in [0.2, 0.25) is 0 Å². The zero-order valence-corrected chi connectivity index (χ0v) is 11.9. The number of ether oxygens (including phenoxy) is 1. The van der Waals surface area contributed by atoms with E-state index < -0.39 is 0 Å².